The van der Waals surface area contributed by atoms with Crippen LogP contribution >= 0.6 is 0 Å². The van der Waals surface area contributed by atoms with E-state index in [1.165, 1.54) is 13.2 Å². The standard InChI is InChI=1S/C13H16F3NO/c1-18-11-3-2-10(6-9-4-5-17-8-9)12(7-11)13(14,15)16/h2-3,7,9,17H,4-6,8H2,1H3. The van der Waals surface area contributed by atoms with E-state index in [4.69, 9.17) is 4.74 Å². The van der Waals surface area contributed by atoms with Gasteiger partial charge in [-0.15, -0.1) is 0 Å². The number of halogens is 3. The molecule has 0 aliphatic carbocycles. The Kier molecular flexibility index (Phi) is 3.80. The maximum absolute atomic E-state index is 13.0. The molecule has 1 saturated heterocycles. The summed E-state index contributed by atoms with van der Waals surface area (Å²) in [5, 5.41) is 3.17. The maximum Gasteiger partial charge on any atom is 0.416 e. The monoisotopic (exact) mass is 259 g/mol. The first kappa shape index (κ1) is 13.2. The summed E-state index contributed by atoms with van der Waals surface area (Å²) < 4.78 is 43.8. The molecular weight excluding hydrogens is 243 g/mol. The summed E-state index contributed by atoms with van der Waals surface area (Å²) in [4.78, 5) is 0. The van der Waals surface area contributed by atoms with E-state index >= 15 is 0 Å². The zero-order valence-electron chi connectivity index (χ0n) is 10.2. The Balaban J connectivity index is 2.27. The molecule has 0 saturated carbocycles. The van der Waals surface area contributed by atoms with Crippen LogP contribution in [-0.2, 0) is 12.6 Å². The number of hydrogen-bond donors (Lipinski definition) is 1. The van der Waals surface area contributed by atoms with E-state index in [9.17, 15) is 13.2 Å². The lowest BCUT2D eigenvalue weighted by atomic mass is 9.94. The lowest BCUT2D eigenvalue weighted by molar-refractivity contribution is -0.138. The van der Waals surface area contributed by atoms with Crippen molar-refractivity contribution in [1.82, 2.24) is 5.32 Å². The topological polar surface area (TPSA) is 21.3 Å². The molecular formula is C13H16F3NO. The van der Waals surface area contributed by atoms with Crippen LogP contribution in [0.1, 0.15) is 17.5 Å². The van der Waals surface area contributed by atoms with Crippen LogP contribution in [-0.4, -0.2) is 20.2 Å². The van der Waals surface area contributed by atoms with Gasteiger partial charge in [0.1, 0.15) is 5.75 Å². The Morgan fingerprint density at radius 1 is 1.39 bits per heavy atom. The third-order valence-corrected chi connectivity index (χ3v) is 3.29. The Morgan fingerprint density at radius 2 is 2.17 bits per heavy atom. The molecule has 1 unspecified atom stereocenters. The van der Waals surface area contributed by atoms with Crippen molar-refractivity contribution in [3.63, 3.8) is 0 Å². The normalized spacial score (nSPS) is 20.1. The fourth-order valence-electron chi connectivity index (χ4n) is 2.32. The second-order valence-corrected chi connectivity index (χ2v) is 4.58. The zero-order valence-corrected chi connectivity index (χ0v) is 10.2. The van der Waals surface area contributed by atoms with Crippen molar-refractivity contribution >= 4 is 0 Å². The summed E-state index contributed by atoms with van der Waals surface area (Å²) in [5.41, 5.74) is -0.217. The van der Waals surface area contributed by atoms with Crippen LogP contribution in [0.3, 0.4) is 0 Å². The molecule has 1 heterocycles. The SMILES string of the molecule is COc1ccc(CC2CCNC2)c(C(F)(F)F)c1. The Labute approximate surface area is 104 Å². The molecule has 0 amide bonds. The van der Waals surface area contributed by atoms with Gasteiger partial charge in [0.05, 0.1) is 12.7 Å². The summed E-state index contributed by atoms with van der Waals surface area (Å²) in [6.07, 6.45) is -2.93. The van der Waals surface area contributed by atoms with E-state index in [2.05, 4.69) is 5.32 Å². The quantitative estimate of drug-likeness (QED) is 0.901. The van der Waals surface area contributed by atoms with E-state index in [-0.39, 0.29) is 5.75 Å². The molecule has 1 aliphatic heterocycles. The number of benzene rings is 1. The molecule has 1 aromatic carbocycles. The second kappa shape index (κ2) is 5.18. The molecule has 0 radical (unpaired) electrons. The van der Waals surface area contributed by atoms with Crippen molar-refractivity contribution in [1.29, 1.82) is 0 Å². The second-order valence-electron chi connectivity index (χ2n) is 4.58. The van der Waals surface area contributed by atoms with Gasteiger partial charge in [-0.1, -0.05) is 6.07 Å². The summed E-state index contributed by atoms with van der Waals surface area (Å²) in [6.45, 7) is 1.69. The van der Waals surface area contributed by atoms with Gasteiger partial charge < -0.3 is 10.1 Å². The van der Waals surface area contributed by atoms with Crippen molar-refractivity contribution in [3.05, 3.63) is 29.3 Å². The molecule has 2 rings (SSSR count). The molecule has 1 fully saturated rings. The van der Waals surface area contributed by atoms with E-state index in [1.54, 1.807) is 6.07 Å². The fourth-order valence-corrected chi connectivity index (χ4v) is 2.32. The molecule has 5 heteroatoms. The van der Waals surface area contributed by atoms with Crippen LogP contribution in [0.15, 0.2) is 18.2 Å². The van der Waals surface area contributed by atoms with Gasteiger partial charge in [0, 0.05) is 0 Å². The number of methoxy groups -OCH3 is 1. The van der Waals surface area contributed by atoms with Gasteiger partial charge in [-0.3, -0.25) is 0 Å². The molecule has 0 spiro atoms. The van der Waals surface area contributed by atoms with Gasteiger partial charge in [-0.05, 0) is 49.5 Å². The minimum Gasteiger partial charge on any atom is -0.497 e. The predicted molar refractivity (Wildman–Crippen MR) is 62.7 cm³/mol. The van der Waals surface area contributed by atoms with Gasteiger partial charge in [0.15, 0.2) is 0 Å². The van der Waals surface area contributed by atoms with E-state index in [1.807, 2.05) is 0 Å². The van der Waals surface area contributed by atoms with Crippen LogP contribution < -0.4 is 10.1 Å². The third-order valence-electron chi connectivity index (χ3n) is 3.29. The number of alkyl halides is 3. The average molecular weight is 259 g/mol. The minimum atomic E-state index is -4.32. The van der Waals surface area contributed by atoms with E-state index in [0.717, 1.165) is 25.6 Å². The Hall–Kier alpha value is -1.23. The van der Waals surface area contributed by atoms with Crippen molar-refractivity contribution in [2.24, 2.45) is 5.92 Å². The van der Waals surface area contributed by atoms with Gasteiger partial charge in [0.2, 0.25) is 0 Å². The Bertz CT molecular complexity index is 411. The third kappa shape index (κ3) is 2.96. The van der Waals surface area contributed by atoms with Crippen molar-refractivity contribution in [2.45, 2.75) is 19.0 Å². The van der Waals surface area contributed by atoms with Crippen LogP contribution in [0, 0.1) is 5.92 Å². The highest BCUT2D eigenvalue weighted by Gasteiger charge is 2.34. The summed E-state index contributed by atoms with van der Waals surface area (Å²) in [6, 6.07) is 4.20. The molecule has 1 atom stereocenters. The first-order valence-corrected chi connectivity index (χ1v) is 5.95. The molecule has 1 aromatic rings. The van der Waals surface area contributed by atoms with Crippen molar-refractivity contribution in [2.75, 3.05) is 20.2 Å². The smallest absolute Gasteiger partial charge is 0.416 e. The highest BCUT2D eigenvalue weighted by molar-refractivity contribution is 5.38. The number of nitrogens with one attached hydrogen (secondary N) is 1. The highest BCUT2D eigenvalue weighted by Crippen LogP contribution is 2.35. The molecule has 1 N–H and O–H groups in total. The molecule has 2 nitrogen and oxygen atoms in total. The number of rotatable bonds is 3. The predicted octanol–water partition coefficient (Wildman–Crippen LogP) is 2.87. The molecule has 0 bridgehead atoms. The van der Waals surface area contributed by atoms with Crippen LogP contribution in [0.4, 0.5) is 13.2 Å². The minimum absolute atomic E-state index is 0.246. The van der Waals surface area contributed by atoms with Crippen molar-refractivity contribution in [3.8, 4) is 5.75 Å². The van der Waals surface area contributed by atoms with Crippen LogP contribution in [0.5, 0.6) is 5.75 Å². The van der Waals surface area contributed by atoms with Gasteiger partial charge in [0.25, 0.3) is 0 Å². The van der Waals surface area contributed by atoms with Crippen LogP contribution in [0.2, 0.25) is 0 Å². The molecule has 18 heavy (non-hydrogen) atoms. The lowest BCUT2D eigenvalue weighted by Crippen LogP contribution is -2.15. The number of ether oxygens (including phenoxy) is 1. The first-order valence-electron chi connectivity index (χ1n) is 5.95. The van der Waals surface area contributed by atoms with Crippen LogP contribution in [0.25, 0.3) is 0 Å². The largest absolute Gasteiger partial charge is 0.497 e. The Morgan fingerprint density at radius 3 is 2.72 bits per heavy atom. The van der Waals surface area contributed by atoms with Gasteiger partial charge in [-0.2, -0.15) is 13.2 Å². The van der Waals surface area contributed by atoms with Gasteiger partial charge in [-0.25, -0.2) is 0 Å². The molecule has 1 aliphatic rings. The maximum atomic E-state index is 13.0. The summed E-state index contributed by atoms with van der Waals surface area (Å²) in [5.74, 6) is 0.537. The average Bonchev–Trinajstić information content (AvgIpc) is 2.81. The summed E-state index contributed by atoms with van der Waals surface area (Å²) in [7, 11) is 1.37. The zero-order chi connectivity index (χ0) is 13.2. The highest BCUT2D eigenvalue weighted by atomic mass is 19.4. The lowest BCUT2D eigenvalue weighted by Gasteiger charge is -2.16. The van der Waals surface area contributed by atoms with Gasteiger partial charge >= 0.3 is 6.18 Å². The fraction of sp³-hybridized carbons (Fsp3) is 0.538. The number of hydrogen-bond acceptors (Lipinski definition) is 2. The van der Waals surface area contributed by atoms with E-state index in [0.29, 0.717) is 17.9 Å². The van der Waals surface area contributed by atoms with Crippen molar-refractivity contribution < 1.29 is 17.9 Å². The molecule has 0 aromatic heterocycles. The first-order chi connectivity index (χ1) is 8.50. The molecule has 100 valence electrons. The van der Waals surface area contributed by atoms with E-state index < -0.39 is 11.7 Å². The summed E-state index contributed by atoms with van der Waals surface area (Å²) >= 11 is 0.